The zero-order valence-electron chi connectivity index (χ0n) is 15.8. The Morgan fingerprint density at radius 2 is 2.07 bits per heavy atom. The van der Waals surface area contributed by atoms with E-state index in [0.717, 1.165) is 10.9 Å². The van der Waals surface area contributed by atoms with E-state index in [1.54, 1.807) is 17.8 Å². The molecule has 9 heteroatoms. The number of carbonyl (C=O) groups is 1. The van der Waals surface area contributed by atoms with Crippen molar-refractivity contribution in [1.82, 2.24) is 19.7 Å². The van der Waals surface area contributed by atoms with E-state index in [-0.39, 0.29) is 29.0 Å². The van der Waals surface area contributed by atoms with Crippen molar-refractivity contribution in [3.63, 3.8) is 0 Å². The first kappa shape index (κ1) is 18.7. The molecule has 0 radical (unpaired) electrons. The Bertz CT molecular complexity index is 1240. The third kappa shape index (κ3) is 2.99. The van der Waals surface area contributed by atoms with Crippen molar-refractivity contribution in [2.45, 2.75) is 31.8 Å². The molecule has 4 rings (SSSR count). The number of nitrogens with zero attached hydrogens (tertiary/aromatic N) is 3. The van der Waals surface area contributed by atoms with Crippen LogP contribution in [-0.2, 0) is 21.7 Å². The highest BCUT2D eigenvalue weighted by molar-refractivity contribution is 7.91. The molecule has 3 aromatic rings. The Balaban J connectivity index is 1.84. The number of aryl methyl sites for hydroxylation is 1. The van der Waals surface area contributed by atoms with Crippen LogP contribution in [0.2, 0.25) is 0 Å². The van der Waals surface area contributed by atoms with E-state index < -0.39 is 15.9 Å². The molecule has 1 N–H and O–H groups in total. The third-order valence-electron chi connectivity index (χ3n) is 5.39. The van der Waals surface area contributed by atoms with Gasteiger partial charge in [-0.3, -0.25) is 9.59 Å². The van der Waals surface area contributed by atoms with E-state index in [4.69, 9.17) is 0 Å². The highest BCUT2D eigenvalue weighted by Crippen LogP contribution is 2.31. The second-order valence-electron chi connectivity index (χ2n) is 7.26. The molecule has 1 aliphatic heterocycles. The minimum atomic E-state index is -3.09. The van der Waals surface area contributed by atoms with E-state index in [0.29, 0.717) is 23.7 Å². The summed E-state index contributed by atoms with van der Waals surface area (Å²) in [6, 6.07) is 6.52. The summed E-state index contributed by atoms with van der Waals surface area (Å²) in [6.45, 7) is 1.88. The number of hydrogen-bond donors (Lipinski definition) is 1. The quantitative estimate of drug-likeness (QED) is 0.705. The standard InChI is InChI=1S/C19H22N4O4S/c1-3-15(18(24)21-12-8-9-28(26,27)11-12)23-16-7-5-4-6-13(16)14-10-20-22(2)19(25)17(14)23/h4-7,10,12,15H,3,8-9,11H2,1-2H3,(H,21,24)/t12-,15-/m0/s1. The van der Waals surface area contributed by atoms with E-state index in [2.05, 4.69) is 10.4 Å². The Morgan fingerprint density at radius 3 is 2.75 bits per heavy atom. The van der Waals surface area contributed by atoms with Gasteiger partial charge in [0, 0.05) is 23.9 Å². The third-order valence-corrected chi connectivity index (χ3v) is 7.15. The molecule has 2 aromatic heterocycles. The molecule has 28 heavy (non-hydrogen) atoms. The lowest BCUT2D eigenvalue weighted by Crippen LogP contribution is -2.40. The molecule has 0 unspecified atom stereocenters. The summed E-state index contributed by atoms with van der Waals surface area (Å²) in [7, 11) is -1.51. The summed E-state index contributed by atoms with van der Waals surface area (Å²) in [5.74, 6) is -0.212. The fraction of sp³-hybridized carbons (Fsp3) is 0.421. The van der Waals surface area contributed by atoms with Crippen LogP contribution in [0.5, 0.6) is 0 Å². The lowest BCUT2D eigenvalue weighted by atomic mass is 10.1. The normalized spacial score (nSPS) is 19.9. The molecule has 1 aliphatic rings. The summed E-state index contributed by atoms with van der Waals surface area (Å²) in [5, 5.41) is 8.56. The average molecular weight is 402 g/mol. The van der Waals surface area contributed by atoms with Gasteiger partial charge in [-0.2, -0.15) is 5.10 Å². The fourth-order valence-electron chi connectivity index (χ4n) is 4.00. The molecule has 1 aromatic carbocycles. The molecule has 1 saturated heterocycles. The number of carbonyl (C=O) groups excluding carboxylic acids is 1. The van der Waals surface area contributed by atoms with Gasteiger partial charge in [0.2, 0.25) is 5.91 Å². The predicted octanol–water partition coefficient (Wildman–Crippen LogP) is 1.14. The lowest BCUT2D eigenvalue weighted by Gasteiger charge is -2.21. The summed E-state index contributed by atoms with van der Waals surface area (Å²) in [5.41, 5.74) is 0.937. The average Bonchev–Trinajstić information content (AvgIpc) is 3.17. The number of benzene rings is 1. The molecular weight excluding hydrogens is 380 g/mol. The number of hydrogen-bond acceptors (Lipinski definition) is 5. The summed E-state index contributed by atoms with van der Waals surface area (Å²) in [6.07, 6.45) is 2.53. The second kappa shape index (κ2) is 6.73. The van der Waals surface area contributed by atoms with E-state index in [1.807, 2.05) is 31.2 Å². The van der Waals surface area contributed by atoms with Crippen LogP contribution in [0, 0.1) is 0 Å². The summed E-state index contributed by atoms with van der Waals surface area (Å²) >= 11 is 0. The van der Waals surface area contributed by atoms with Crippen LogP contribution in [0.15, 0.2) is 35.3 Å². The van der Waals surface area contributed by atoms with Crippen molar-refractivity contribution < 1.29 is 13.2 Å². The maximum atomic E-state index is 13.1. The van der Waals surface area contributed by atoms with Gasteiger partial charge < -0.3 is 9.88 Å². The monoisotopic (exact) mass is 402 g/mol. The Kier molecular flexibility index (Phi) is 4.49. The first-order valence-corrected chi connectivity index (χ1v) is 11.1. The maximum absolute atomic E-state index is 13.1. The van der Waals surface area contributed by atoms with Gasteiger partial charge in [0.05, 0.1) is 23.2 Å². The zero-order chi connectivity index (χ0) is 20.1. The van der Waals surface area contributed by atoms with Crippen LogP contribution in [-0.4, -0.2) is 46.2 Å². The largest absolute Gasteiger partial charge is 0.351 e. The van der Waals surface area contributed by atoms with Crippen LogP contribution in [0.1, 0.15) is 25.8 Å². The Hall–Kier alpha value is -2.68. The smallest absolute Gasteiger partial charge is 0.291 e. The lowest BCUT2D eigenvalue weighted by molar-refractivity contribution is -0.124. The van der Waals surface area contributed by atoms with Crippen molar-refractivity contribution >= 4 is 37.6 Å². The first-order chi connectivity index (χ1) is 13.3. The van der Waals surface area contributed by atoms with Gasteiger partial charge in [0.1, 0.15) is 11.6 Å². The van der Waals surface area contributed by atoms with Crippen molar-refractivity contribution in [2.24, 2.45) is 7.05 Å². The van der Waals surface area contributed by atoms with Crippen molar-refractivity contribution in [3.8, 4) is 0 Å². The molecule has 0 spiro atoms. The van der Waals surface area contributed by atoms with Gasteiger partial charge in [0.15, 0.2) is 9.84 Å². The molecule has 0 aliphatic carbocycles. The van der Waals surface area contributed by atoms with Crippen LogP contribution >= 0.6 is 0 Å². The maximum Gasteiger partial charge on any atom is 0.291 e. The molecule has 0 saturated carbocycles. The zero-order valence-corrected chi connectivity index (χ0v) is 16.6. The number of rotatable bonds is 4. The van der Waals surface area contributed by atoms with Gasteiger partial charge in [-0.25, -0.2) is 13.1 Å². The SMILES string of the molecule is CC[C@@H](C(=O)N[C@H]1CCS(=O)(=O)C1)n1c2ccccc2c2cnn(C)c(=O)c21. The number of amides is 1. The number of nitrogens with one attached hydrogen (secondary N) is 1. The van der Waals surface area contributed by atoms with E-state index in [1.165, 1.54) is 4.68 Å². The second-order valence-corrected chi connectivity index (χ2v) is 9.48. The van der Waals surface area contributed by atoms with E-state index >= 15 is 0 Å². The van der Waals surface area contributed by atoms with Crippen LogP contribution in [0.25, 0.3) is 21.8 Å². The molecule has 0 bridgehead atoms. The predicted molar refractivity (Wildman–Crippen MR) is 107 cm³/mol. The van der Waals surface area contributed by atoms with E-state index in [9.17, 15) is 18.0 Å². The molecule has 148 valence electrons. The number of sulfone groups is 1. The molecule has 2 atom stereocenters. The Morgan fingerprint density at radius 1 is 1.32 bits per heavy atom. The highest BCUT2D eigenvalue weighted by Gasteiger charge is 2.32. The Labute approximate surface area is 162 Å². The minimum absolute atomic E-state index is 0.0337. The number of fused-ring (bicyclic) bond motifs is 3. The van der Waals surface area contributed by atoms with Crippen molar-refractivity contribution in [2.75, 3.05) is 11.5 Å². The van der Waals surface area contributed by atoms with Crippen molar-refractivity contribution in [3.05, 3.63) is 40.8 Å². The van der Waals surface area contributed by atoms with Gasteiger partial charge in [-0.05, 0) is 18.9 Å². The van der Waals surface area contributed by atoms with Gasteiger partial charge in [-0.15, -0.1) is 0 Å². The fourth-order valence-corrected chi connectivity index (χ4v) is 5.68. The van der Waals surface area contributed by atoms with Crippen LogP contribution in [0.3, 0.4) is 0 Å². The summed E-state index contributed by atoms with van der Waals surface area (Å²) in [4.78, 5) is 25.9. The molecule has 3 heterocycles. The van der Waals surface area contributed by atoms with Crippen molar-refractivity contribution in [1.29, 1.82) is 0 Å². The van der Waals surface area contributed by atoms with Gasteiger partial charge in [-0.1, -0.05) is 25.1 Å². The first-order valence-electron chi connectivity index (χ1n) is 9.28. The number of para-hydroxylation sites is 1. The van der Waals surface area contributed by atoms with Gasteiger partial charge >= 0.3 is 0 Å². The molecular formula is C19H22N4O4S. The van der Waals surface area contributed by atoms with Crippen LogP contribution < -0.4 is 10.9 Å². The molecule has 1 fully saturated rings. The molecule has 8 nitrogen and oxygen atoms in total. The highest BCUT2D eigenvalue weighted by atomic mass is 32.2. The van der Waals surface area contributed by atoms with Crippen LogP contribution in [0.4, 0.5) is 0 Å². The summed E-state index contributed by atoms with van der Waals surface area (Å²) < 4.78 is 26.5. The molecule has 1 amide bonds. The van der Waals surface area contributed by atoms with Gasteiger partial charge in [0.25, 0.3) is 5.56 Å². The minimum Gasteiger partial charge on any atom is -0.351 e. The topological polar surface area (TPSA) is 103 Å². The number of aromatic nitrogens is 3.